The van der Waals surface area contributed by atoms with Crippen molar-refractivity contribution >= 4 is 16.9 Å². The van der Waals surface area contributed by atoms with Crippen molar-refractivity contribution in [2.24, 2.45) is 0 Å². The van der Waals surface area contributed by atoms with Crippen LogP contribution in [0.4, 0.5) is 4.39 Å². The third kappa shape index (κ3) is 4.61. The first-order chi connectivity index (χ1) is 17.0. The van der Waals surface area contributed by atoms with E-state index in [0.717, 1.165) is 24.9 Å². The van der Waals surface area contributed by atoms with Crippen LogP contribution in [0.15, 0.2) is 66.9 Å². The number of nitrogens with zero attached hydrogens (tertiary/aromatic N) is 4. The summed E-state index contributed by atoms with van der Waals surface area (Å²) in [6.45, 7) is 1.55. The first-order valence-corrected chi connectivity index (χ1v) is 11.6. The summed E-state index contributed by atoms with van der Waals surface area (Å²) in [5.41, 5.74) is 4.17. The summed E-state index contributed by atoms with van der Waals surface area (Å²) in [6, 6.07) is 19.5. The van der Waals surface area contributed by atoms with Gasteiger partial charge in [0.2, 0.25) is 0 Å². The lowest BCUT2D eigenvalue weighted by molar-refractivity contribution is 0.0786. The Bertz CT molecular complexity index is 1440. The lowest BCUT2D eigenvalue weighted by Crippen LogP contribution is -2.39. The second-order valence-electron chi connectivity index (χ2n) is 8.80. The molecule has 4 aromatic rings. The Kier molecular flexibility index (Phi) is 6.21. The largest absolute Gasteiger partial charge is 0.340 e. The molecule has 1 aliphatic heterocycles. The van der Waals surface area contributed by atoms with Gasteiger partial charge in [-0.3, -0.25) is 9.78 Å². The topological polar surface area (TPSA) is 81.9 Å². The number of benzene rings is 2. The Balaban J connectivity index is 1.67. The number of fused-ring (bicyclic) bond motifs is 1. The Morgan fingerprint density at radius 2 is 2.00 bits per heavy atom. The van der Waals surface area contributed by atoms with E-state index in [1.165, 1.54) is 12.1 Å². The minimum atomic E-state index is -0.516. The predicted molar refractivity (Wildman–Crippen MR) is 133 cm³/mol. The molecule has 0 radical (unpaired) electrons. The average molecular weight is 466 g/mol. The van der Waals surface area contributed by atoms with Gasteiger partial charge < -0.3 is 10.2 Å². The second-order valence-corrected chi connectivity index (χ2v) is 8.80. The van der Waals surface area contributed by atoms with Crippen molar-refractivity contribution in [3.63, 3.8) is 0 Å². The van der Waals surface area contributed by atoms with Crippen LogP contribution in [0.3, 0.4) is 0 Å². The molecule has 2 aromatic carbocycles. The number of nitrogens with one attached hydrogen (secondary N) is 1. The van der Waals surface area contributed by atoms with E-state index in [-0.39, 0.29) is 17.5 Å². The molecule has 0 bridgehead atoms. The van der Waals surface area contributed by atoms with Gasteiger partial charge in [0.15, 0.2) is 0 Å². The normalized spacial score (nSPS) is 15.2. The molecule has 1 N–H and O–H groups in total. The molecule has 0 spiro atoms. The molecular weight excluding hydrogens is 441 g/mol. The summed E-state index contributed by atoms with van der Waals surface area (Å²) in [7, 11) is 1.80. The second kappa shape index (κ2) is 9.61. The fourth-order valence-corrected chi connectivity index (χ4v) is 4.60. The number of likely N-dealkylation sites (N-methyl/N-ethyl adjacent to an activating group) is 1. The van der Waals surface area contributed by atoms with Crippen molar-refractivity contribution in [2.45, 2.75) is 18.9 Å². The van der Waals surface area contributed by atoms with E-state index >= 15 is 0 Å². The van der Waals surface area contributed by atoms with Crippen LogP contribution < -0.4 is 5.32 Å². The number of halogens is 1. The monoisotopic (exact) mass is 465 g/mol. The molecule has 0 aliphatic carbocycles. The molecule has 174 valence electrons. The van der Waals surface area contributed by atoms with Crippen LogP contribution in [0.5, 0.6) is 0 Å². The summed E-state index contributed by atoms with van der Waals surface area (Å²) < 4.78 is 14.1. The SMILES string of the molecule is CN(C[C@@H]1CCCN1)C(=O)c1c(-c2ccccc2)cnc2ccc(-c3cc(F)cc(C#N)c3)nc12. The number of rotatable bonds is 5. The van der Waals surface area contributed by atoms with Crippen molar-refractivity contribution in [3.8, 4) is 28.5 Å². The van der Waals surface area contributed by atoms with Gasteiger partial charge in [-0.05, 0) is 55.3 Å². The van der Waals surface area contributed by atoms with Crippen molar-refractivity contribution in [1.29, 1.82) is 5.26 Å². The highest BCUT2D eigenvalue weighted by molar-refractivity contribution is 6.10. The van der Waals surface area contributed by atoms with E-state index in [1.54, 1.807) is 36.3 Å². The van der Waals surface area contributed by atoms with E-state index in [4.69, 9.17) is 4.98 Å². The molecule has 1 saturated heterocycles. The quantitative estimate of drug-likeness (QED) is 0.458. The highest BCUT2D eigenvalue weighted by Gasteiger charge is 2.25. The highest BCUT2D eigenvalue weighted by atomic mass is 19.1. The molecule has 1 amide bonds. The van der Waals surface area contributed by atoms with Crippen LogP contribution in [0.1, 0.15) is 28.8 Å². The molecule has 5 rings (SSSR count). The molecule has 0 unspecified atom stereocenters. The van der Waals surface area contributed by atoms with E-state index in [1.807, 2.05) is 36.4 Å². The molecule has 1 aliphatic rings. The van der Waals surface area contributed by atoms with Crippen LogP contribution in [0.25, 0.3) is 33.4 Å². The Morgan fingerprint density at radius 3 is 2.74 bits per heavy atom. The summed E-state index contributed by atoms with van der Waals surface area (Å²) in [5, 5.41) is 12.7. The van der Waals surface area contributed by atoms with E-state index in [2.05, 4.69) is 10.3 Å². The third-order valence-electron chi connectivity index (χ3n) is 6.34. The van der Waals surface area contributed by atoms with Crippen LogP contribution in [0, 0.1) is 17.1 Å². The first kappa shape index (κ1) is 22.6. The number of nitriles is 1. The average Bonchev–Trinajstić information content (AvgIpc) is 3.40. The molecule has 0 saturated carbocycles. The molecule has 6 nitrogen and oxygen atoms in total. The maximum atomic E-state index is 14.1. The number of hydrogen-bond acceptors (Lipinski definition) is 5. The van der Waals surface area contributed by atoms with Gasteiger partial charge in [0, 0.05) is 37.0 Å². The zero-order chi connectivity index (χ0) is 24.4. The van der Waals surface area contributed by atoms with E-state index in [9.17, 15) is 14.4 Å². The lowest BCUT2D eigenvalue weighted by Gasteiger charge is -2.23. The summed E-state index contributed by atoms with van der Waals surface area (Å²) in [6.07, 6.45) is 3.84. The zero-order valence-corrected chi connectivity index (χ0v) is 19.3. The number of carbonyl (C=O) groups excluding carboxylic acids is 1. The van der Waals surface area contributed by atoms with E-state index in [0.29, 0.717) is 40.0 Å². The van der Waals surface area contributed by atoms with Crippen molar-refractivity contribution in [2.75, 3.05) is 20.1 Å². The third-order valence-corrected chi connectivity index (χ3v) is 6.34. The van der Waals surface area contributed by atoms with Crippen LogP contribution in [0.2, 0.25) is 0 Å². The van der Waals surface area contributed by atoms with Crippen LogP contribution in [-0.4, -0.2) is 47.0 Å². The number of aromatic nitrogens is 2. The number of hydrogen-bond donors (Lipinski definition) is 1. The van der Waals surface area contributed by atoms with Crippen molar-refractivity contribution < 1.29 is 9.18 Å². The van der Waals surface area contributed by atoms with Gasteiger partial charge in [0.1, 0.15) is 11.3 Å². The fourth-order valence-electron chi connectivity index (χ4n) is 4.60. The maximum absolute atomic E-state index is 14.1. The summed E-state index contributed by atoms with van der Waals surface area (Å²) in [4.78, 5) is 25.0. The highest BCUT2D eigenvalue weighted by Crippen LogP contribution is 2.31. The van der Waals surface area contributed by atoms with Gasteiger partial charge >= 0.3 is 0 Å². The number of pyridine rings is 2. The summed E-state index contributed by atoms with van der Waals surface area (Å²) >= 11 is 0. The molecule has 1 fully saturated rings. The first-order valence-electron chi connectivity index (χ1n) is 11.6. The smallest absolute Gasteiger partial charge is 0.256 e. The van der Waals surface area contributed by atoms with Crippen LogP contribution >= 0.6 is 0 Å². The maximum Gasteiger partial charge on any atom is 0.256 e. The van der Waals surface area contributed by atoms with Crippen molar-refractivity contribution in [3.05, 3.63) is 83.8 Å². The van der Waals surface area contributed by atoms with Crippen molar-refractivity contribution in [1.82, 2.24) is 20.2 Å². The fraction of sp³-hybridized carbons (Fsp3) is 0.214. The zero-order valence-electron chi connectivity index (χ0n) is 19.3. The number of amides is 1. The standard InChI is InChI=1S/C28H24FN5O/c1-34(17-22-8-5-11-31-22)28(35)26-23(19-6-3-2-4-7-19)16-32-25-10-9-24(33-27(25)26)20-12-18(15-30)13-21(29)14-20/h2-4,6-7,9-10,12-14,16,22,31H,5,8,11,17H2,1H3/t22-/m0/s1. The van der Waals surface area contributed by atoms with Gasteiger partial charge in [0.05, 0.1) is 28.4 Å². The molecule has 1 atom stereocenters. The minimum Gasteiger partial charge on any atom is -0.340 e. The molecule has 2 aromatic heterocycles. The predicted octanol–water partition coefficient (Wildman–Crippen LogP) is 4.80. The Labute approximate surface area is 203 Å². The van der Waals surface area contributed by atoms with Gasteiger partial charge in [-0.25, -0.2) is 9.37 Å². The Morgan fingerprint density at radius 1 is 1.17 bits per heavy atom. The van der Waals surface area contributed by atoms with E-state index < -0.39 is 5.82 Å². The van der Waals surface area contributed by atoms with Crippen LogP contribution in [-0.2, 0) is 0 Å². The van der Waals surface area contributed by atoms with Gasteiger partial charge in [-0.15, -0.1) is 0 Å². The van der Waals surface area contributed by atoms with Gasteiger partial charge in [0.25, 0.3) is 5.91 Å². The Hall–Kier alpha value is -4.15. The molecule has 3 heterocycles. The summed E-state index contributed by atoms with van der Waals surface area (Å²) in [5.74, 6) is -0.663. The molecule has 35 heavy (non-hydrogen) atoms. The minimum absolute atomic E-state index is 0.147. The van der Waals surface area contributed by atoms with Gasteiger partial charge in [-0.1, -0.05) is 30.3 Å². The van der Waals surface area contributed by atoms with Gasteiger partial charge in [-0.2, -0.15) is 5.26 Å². The lowest BCUT2D eigenvalue weighted by atomic mass is 9.98. The molecular formula is C28H24FN5O. The molecule has 7 heteroatoms. The number of carbonyl (C=O) groups is 1.